The number of aromatic amines is 1. The molecule has 0 aliphatic rings. The van der Waals surface area contributed by atoms with Gasteiger partial charge in [0.05, 0.1) is 19.1 Å². The molecule has 1 aromatic carbocycles. The summed E-state index contributed by atoms with van der Waals surface area (Å²) in [7, 11) is 0. The average Bonchev–Trinajstić information content (AvgIpc) is 3.26. The largest absolute Gasteiger partial charge is 0.481 e. The molecule has 1 aromatic heterocycles. The summed E-state index contributed by atoms with van der Waals surface area (Å²) in [5.74, 6) is -7.54. The third-order valence-electron chi connectivity index (χ3n) is 5.54. The van der Waals surface area contributed by atoms with Gasteiger partial charge in [-0.3, -0.25) is 24.0 Å². The fourth-order valence-electron chi connectivity index (χ4n) is 3.56. The van der Waals surface area contributed by atoms with E-state index in [1.54, 1.807) is 6.20 Å². The van der Waals surface area contributed by atoms with Crippen LogP contribution in [0.4, 0.5) is 0 Å². The van der Waals surface area contributed by atoms with Gasteiger partial charge in [-0.05, 0) is 24.5 Å². The maximum atomic E-state index is 12.7. The minimum absolute atomic E-state index is 0.0899. The van der Waals surface area contributed by atoms with Crippen molar-refractivity contribution in [1.29, 1.82) is 0 Å². The van der Waals surface area contributed by atoms with E-state index in [1.807, 2.05) is 29.6 Å². The maximum absolute atomic E-state index is 12.7. The van der Waals surface area contributed by atoms with E-state index >= 15 is 0 Å². The third-order valence-corrected chi connectivity index (χ3v) is 5.54. The molecule has 10 N–H and O–H groups in total. The summed E-state index contributed by atoms with van der Waals surface area (Å²) in [6, 6.07) is 1.12. The van der Waals surface area contributed by atoms with Crippen LogP contribution in [0.15, 0.2) is 30.5 Å². The molecule has 206 valence electrons. The molecular weight excluding hydrogens is 506 g/mol. The summed E-state index contributed by atoms with van der Waals surface area (Å²) in [4.78, 5) is 74.1. The SMILES string of the molecule is NC(Cc1c[nH]c2ccccc12)C(=O)NC(CO)C(=O)NC(CC(=O)O)C(=O)NC(CCC(=O)O)C(=O)O. The van der Waals surface area contributed by atoms with Crippen molar-refractivity contribution in [2.75, 3.05) is 6.61 Å². The Morgan fingerprint density at radius 2 is 1.45 bits per heavy atom. The summed E-state index contributed by atoms with van der Waals surface area (Å²) in [6.45, 7) is -0.921. The molecule has 0 radical (unpaired) electrons. The Bertz CT molecular complexity index is 1200. The minimum Gasteiger partial charge on any atom is -0.481 e. The molecule has 0 spiro atoms. The van der Waals surface area contributed by atoms with Crippen LogP contribution in [0.2, 0.25) is 0 Å². The zero-order chi connectivity index (χ0) is 28.4. The van der Waals surface area contributed by atoms with Crippen LogP contribution < -0.4 is 21.7 Å². The van der Waals surface area contributed by atoms with Gasteiger partial charge in [0.15, 0.2) is 0 Å². The number of carbonyl (C=O) groups is 6. The Morgan fingerprint density at radius 3 is 2.05 bits per heavy atom. The van der Waals surface area contributed by atoms with Gasteiger partial charge in [0.1, 0.15) is 18.1 Å². The fraction of sp³-hybridized carbons (Fsp3) is 0.391. The van der Waals surface area contributed by atoms with Crippen LogP contribution in [0.1, 0.15) is 24.8 Å². The Morgan fingerprint density at radius 1 is 0.842 bits per heavy atom. The highest BCUT2D eigenvalue weighted by Gasteiger charge is 2.31. The van der Waals surface area contributed by atoms with Crippen molar-refractivity contribution < 1.29 is 49.2 Å². The minimum atomic E-state index is -1.79. The molecule has 0 fully saturated rings. The van der Waals surface area contributed by atoms with E-state index in [0.29, 0.717) is 0 Å². The number of carbonyl (C=O) groups excluding carboxylic acids is 3. The zero-order valence-electron chi connectivity index (χ0n) is 20.0. The smallest absolute Gasteiger partial charge is 0.326 e. The summed E-state index contributed by atoms with van der Waals surface area (Å²) < 4.78 is 0. The van der Waals surface area contributed by atoms with Crippen LogP contribution >= 0.6 is 0 Å². The summed E-state index contributed by atoms with van der Waals surface area (Å²) >= 11 is 0. The lowest BCUT2D eigenvalue weighted by Gasteiger charge is -2.23. The van der Waals surface area contributed by atoms with Crippen molar-refractivity contribution in [3.05, 3.63) is 36.0 Å². The number of hydrogen-bond donors (Lipinski definition) is 9. The van der Waals surface area contributed by atoms with Gasteiger partial charge in [0, 0.05) is 23.5 Å². The molecule has 38 heavy (non-hydrogen) atoms. The number of aliphatic hydroxyl groups is 1. The highest BCUT2D eigenvalue weighted by molar-refractivity contribution is 5.96. The molecule has 0 aliphatic carbocycles. The standard InChI is InChI=1S/C23H29N5O10/c24-13(7-11-9-25-14-4-2-1-3-12(11)14)20(34)28-17(10-29)22(36)27-16(8-19(32)33)21(35)26-15(23(37)38)5-6-18(30)31/h1-4,9,13,15-17,25,29H,5-8,10,24H2,(H,26,35)(H,27,36)(H,28,34)(H,30,31)(H,32,33)(H,37,38). The molecule has 4 unspecified atom stereocenters. The predicted octanol–water partition coefficient (Wildman–Crippen LogP) is -2.09. The highest BCUT2D eigenvalue weighted by atomic mass is 16.4. The first kappa shape index (κ1) is 29.7. The maximum Gasteiger partial charge on any atom is 0.326 e. The second kappa shape index (κ2) is 13.7. The summed E-state index contributed by atoms with van der Waals surface area (Å²) in [5, 5.41) is 43.8. The molecule has 4 atom stereocenters. The van der Waals surface area contributed by atoms with Crippen molar-refractivity contribution in [3.8, 4) is 0 Å². The Balaban J connectivity index is 2.04. The topological polar surface area (TPSA) is 261 Å². The lowest BCUT2D eigenvalue weighted by atomic mass is 10.0. The van der Waals surface area contributed by atoms with Crippen LogP contribution in [0.5, 0.6) is 0 Å². The first-order valence-electron chi connectivity index (χ1n) is 11.4. The summed E-state index contributed by atoms with van der Waals surface area (Å²) in [6.07, 6.45) is -0.274. The number of para-hydroxylation sites is 1. The van der Waals surface area contributed by atoms with E-state index < -0.39 is 85.7 Å². The Hall–Kier alpha value is -4.50. The van der Waals surface area contributed by atoms with E-state index in [1.165, 1.54) is 0 Å². The molecule has 0 saturated heterocycles. The first-order valence-corrected chi connectivity index (χ1v) is 11.4. The number of aliphatic carboxylic acids is 3. The van der Waals surface area contributed by atoms with Crippen molar-refractivity contribution in [3.63, 3.8) is 0 Å². The molecule has 2 aromatic rings. The number of aliphatic hydroxyl groups excluding tert-OH is 1. The average molecular weight is 536 g/mol. The van der Waals surface area contributed by atoms with Gasteiger partial charge in [0.25, 0.3) is 0 Å². The predicted molar refractivity (Wildman–Crippen MR) is 130 cm³/mol. The number of carboxylic acid groups (broad SMARTS) is 3. The van der Waals surface area contributed by atoms with Gasteiger partial charge in [0.2, 0.25) is 17.7 Å². The van der Waals surface area contributed by atoms with Crippen LogP contribution in [0.25, 0.3) is 10.9 Å². The van der Waals surface area contributed by atoms with Crippen LogP contribution in [0.3, 0.4) is 0 Å². The molecule has 15 heteroatoms. The van der Waals surface area contributed by atoms with Gasteiger partial charge in [-0.25, -0.2) is 4.79 Å². The van der Waals surface area contributed by atoms with Crippen molar-refractivity contribution in [1.82, 2.24) is 20.9 Å². The van der Waals surface area contributed by atoms with Crippen LogP contribution in [-0.2, 0) is 35.2 Å². The van der Waals surface area contributed by atoms with Crippen LogP contribution in [-0.4, -0.2) is 91.8 Å². The van der Waals surface area contributed by atoms with Gasteiger partial charge < -0.3 is 47.1 Å². The number of fused-ring (bicyclic) bond motifs is 1. The number of aromatic nitrogens is 1. The molecule has 0 saturated carbocycles. The molecular formula is C23H29N5O10. The van der Waals surface area contributed by atoms with Crippen LogP contribution in [0, 0.1) is 0 Å². The van der Waals surface area contributed by atoms with Gasteiger partial charge in [-0.15, -0.1) is 0 Å². The third kappa shape index (κ3) is 8.56. The lowest BCUT2D eigenvalue weighted by molar-refractivity contribution is -0.144. The van der Waals surface area contributed by atoms with Crippen molar-refractivity contribution in [2.24, 2.45) is 5.73 Å². The number of carboxylic acids is 3. The molecule has 0 aliphatic heterocycles. The zero-order valence-corrected chi connectivity index (χ0v) is 20.0. The summed E-state index contributed by atoms with van der Waals surface area (Å²) in [5.41, 5.74) is 7.54. The second-order valence-corrected chi connectivity index (χ2v) is 8.40. The van der Waals surface area contributed by atoms with Gasteiger partial charge in [-0.1, -0.05) is 18.2 Å². The first-order chi connectivity index (χ1) is 17.9. The molecule has 2 rings (SSSR count). The monoisotopic (exact) mass is 535 g/mol. The van der Waals surface area contributed by atoms with E-state index in [0.717, 1.165) is 16.5 Å². The van der Waals surface area contributed by atoms with E-state index in [9.17, 15) is 39.0 Å². The van der Waals surface area contributed by atoms with Crippen molar-refractivity contribution in [2.45, 2.75) is 49.9 Å². The van der Waals surface area contributed by atoms with E-state index in [-0.39, 0.29) is 6.42 Å². The molecule has 0 bridgehead atoms. The molecule has 15 nitrogen and oxygen atoms in total. The number of hydrogen-bond acceptors (Lipinski definition) is 8. The number of benzene rings is 1. The molecule has 1 heterocycles. The number of amides is 3. The van der Waals surface area contributed by atoms with Crippen molar-refractivity contribution >= 4 is 46.5 Å². The van der Waals surface area contributed by atoms with Gasteiger partial charge in [-0.2, -0.15) is 0 Å². The fourth-order valence-corrected chi connectivity index (χ4v) is 3.56. The number of nitrogens with one attached hydrogen (secondary N) is 4. The number of nitrogens with two attached hydrogens (primary N) is 1. The van der Waals surface area contributed by atoms with E-state index in [2.05, 4.69) is 15.6 Å². The second-order valence-electron chi connectivity index (χ2n) is 8.40. The Labute approximate surface area is 215 Å². The Kier molecular flexibility index (Phi) is 10.7. The number of H-pyrrole nitrogens is 1. The quantitative estimate of drug-likeness (QED) is 0.119. The van der Waals surface area contributed by atoms with Gasteiger partial charge >= 0.3 is 17.9 Å². The van der Waals surface area contributed by atoms with E-state index in [4.69, 9.17) is 15.9 Å². The lowest BCUT2D eigenvalue weighted by Crippen LogP contribution is -2.58. The number of rotatable bonds is 15. The highest BCUT2D eigenvalue weighted by Crippen LogP contribution is 2.18. The normalized spacial score (nSPS) is 14.1. The molecule has 3 amide bonds.